The average molecular weight is 272 g/mol. The minimum atomic E-state index is 1.23. The Bertz CT molecular complexity index is 456. The Balaban J connectivity index is 1.79. The lowest BCUT2D eigenvalue weighted by atomic mass is 10.0. The van der Waals surface area contributed by atoms with Gasteiger partial charge in [0.05, 0.1) is 0 Å². The van der Waals surface area contributed by atoms with E-state index in [2.05, 4.69) is 48.7 Å². The second-order valence-corrected chi connectivity index (χ2v) is 6.14. The fourth-order valence-corrected chi connectivity index (χ4v) is 3.16. The standard InChI is InChI=1S/C18H24S/c1-2-3-4-5-6-7-10-16-11-8-12-17(15-16)18-13-9-14-19-18/h8-9,11-15H,2-7,10H2,1H3. The van der Waals surface area contributed by atoms with E-state index in [0.717, 1.165) is 0 Å². The van der Waals surface area contributed by atoms with Gasteiger partial charge >= 0.3 is 0 Å². The van der Waals surface area contributed by atoms with Gasteiger partial charge in [-0.2, -0.15) is 0 Å². The maximum absolute atomic E-state index is 2.36. The molecule has 0 saturated carbocycles. The second-order valence-electron chi connectivity index (χ2n) is 5.20. The molecular weight excluding hydrogens is 248 g/mol. The molecule has 1 heterocycles. The lowest BCUT2D eigenvalue weighted by Crippen LogP contribution is -1.87. The molecule has 0 aliphatic heterocycles. The molecule has 1 aromatic carbocycles. The van der Waals surface area contributed by atoms with Gasteiger partial charge in [0, 0.05) is 4.88 Å². The lowest BCUT2D eigenvalue weighted by Gasteiger charge is -2.04. The fraction of sp³-hybridized carbons (Fsp3) is 0.444. The quantitative estimate of drug-likeness (QED) is 0.493. The molecule has 0 bridgehead atoms. The van der Waals surface area contributed by atoms with Crippen LogP contribution in [0.5, 0.6) is 0 Å². The van der Waals surface area contributed by atoms with Crippen LogP contribution in [-0.2, 0) is 6.42 Å². The van der Waals surface area contributed by atoms with Crippen LogP contribution in [0.15, 0.2) is 41.8 Å². The van der Waals surface area contributed by atoms with E-state index in [1.54, 1.807) is 0 Å². The van der Waals surface area contributed by atoms with E-state index in [0.29, 0.717) is 0 Å². The van der Waals surface area contributed by atoms with Crippen molar-refractivity contribution in [3.63, 3.8) is 0 Å². The van der Waals surface area contributed by atoms with Gasteiger partial charge in [0.1, 0.15) is 0 Å². The SMILES string of the molecule is CCCCCCCCc1cccc(-c2cccs2)c1. The van der Waals surface area contributed by atoms with Gasteiger partial charge in [-0.05, 0) is 35.4 Å². The molecule has 2 rings (SSSR count). The maximum atomic E-state index is 2.36. The minimum absolute atomic E-state index is 1.23. The molecule has 0 saturated heterocycles. The summed E-state index contributed by atoms with van der Waals surface area (Å²) in [5.74, 6) is 0. The first-order valence-electron chi connectivity index (χ1n) is 7.53. The van der Waals surface area contributed by atoms with Crippen LogP contribution in [0.3, 0.4) is 0 Å². The van der Waals surface area contributed by atoms with Crippen molar-refractivity contribution < 1.29 is 0 Å². The van der Waals surface area contributed by atoms with E-state index in [-0.39, 0.29) is 0 Å². The number of hydrogen-bond acceptors (Lipinski definition) is 1. The highest BCUT2D eigenvalue weighted by Crippen LogP contribution is 2.25. The predicted molar refractivity (Wildman–Crippen MR) is 86.8 cm³/mol. The van der Waals surface area contributed by atoms with Crippen LogP contribution in [0.2, 0.25) is 0 Å². The van der Waals surface area contributed by atoms with Crippen LogP contribution >= 0.6 is 11.3 Å². The number of rotatable bonds is 8. The molecule has 0 aliphatic carbocycles. The Kier molecular flexibility index (Phi) is 6.16. The Morgan fingerprint density at radius 1 is 0.895 bits per heavy atom. The zero-order chi connectivity index (χ0) is 13.3. The summed E-state index contributed by atoms with van der Waals surface area (Å²) in [5, 5.41) is 2.15. The molecular formula is C18H24S. The molecule has 102 valence electrons. The van der Waals surface area contributed by atoms with Crippen molar-refractivity contribution in [2.24, 2.45) is 0 Å². The zero-order valence-corrected chi connectivity index (χ0v) is 12.7. The van der Waals surface area contributed by atoms with Crippen molar-refractivity contribution in [1.29, 1.82) is 0 Å². The number of benzene rings is 1. The molecule has 0 radical (unpaired) electrons. The molecule has 0 atom stereocenters. The second kappa shape index (κ2) is 8.16. The van der Waals surface area contributed by atoms with E-state index < -0.39 is 0 Å². The number of aryl methyl sites for hydroxylation is 1. The summed E-state index contributed by atoms with van der Waals surface area (Å²) in [5.41, 5.74) is 2.86. The topological polar surface area (TPSA) is 0 Å². The summed E-state index contributed by atoms with van der Waals surface area (Å²) in [6.07, 6.45) is 9.48. The maximum Gasteiger partial charge on any atom is 0.0342 e. The van der Waals surface area contributed by atoms with E-state index in [9.17, 15) is 0 Å². The van der Waals surface area contributed by atoms with Crippen LogP contribution in [0.1, 0.15) is 51.0 Å². The fourth-order valence-electron chi connectivity index (χ4n) is 2.43. The van der Waals surface area contributed by atoms with Crippen molar-refractivity contribution in [2.45, 2.75) is 51.9 Å². The first kappa shape index (κ1) is 14.3. The minimum Gasteiger partial charge on any atom is -0.144 e. The largest absolute Gasteiger partial charge is 0.144 e. The van der Waals surface area contributed by atoms with Gasteiger partial charge in [-0.25, -0.2) is 0 Å². The van der Waals surface area contributed by atoms with E-state index in [1.165, 1.54) is 60.9 Å². The Hall–Kier alpha value is -1.08. The Morgan fingerprint density at radius 2 is 1.74 bits per heavy atom. The Morgan fingerprint density at radius 3 is 2.53 bits per heavy atom. The van der Waals surface area contributed by atoms with E-state index in [1.807, 2.05) is 11.3 Å². The molecule has 1 aromatic heterocycles. The van der Waals surface area contributed by atoms with Crippen molar-refractivity contribution in [3.05, 3.63) is 47.3 Å². The van der Waals surface area contributed by atoms with Gasteiger partial charge in [-0.15, -0.1) is 11.3 Å². The first-order chi connectivity index (χ1) is 9.40. The van der Waals surface area contributed by atoms with Gasteiger partial charge in [-0.3, -0.25) is 0 Å². The highest BCUT2D eigenvalue weighted by molar-refractivity contribution is 7.13. The third-order valence-electron chi connectivity index (χ3n) is 3.55. The van der Waals surface area contributed by atoms with Gasteiger partial charge in [0.25, 0.3) is 0 Å². The average Bonchev–Trinajstić information content (AvgIpc) is 2.97. The number of hydrogen-bond donors (Lipinski definition) is 0. The number of thiophene rings is 1. The van der Waals surface area contributed by atoms with E-state index >= 15 is 0 Å². The zero-order valence-electron chi connectivity index (χ0n) is 11.9. The summed E-state index contributed by atoms with van der Waals surface area (Å²) in [4.78, 5) is 1.38. The lowest BCUT2D eigenvalue weighted by molar-refractivity contribution is 0.607. The first-order valence-corrected chi connectivity index (χ1v) is 8.41. The molecule has 0 fully saturated rings. The molecule has 1 heteroatoms. The van der Waals surface area contributed by atoms with Crippen molar-refractivity contribution >= 4 is 11.3 Å². The highest BCUT2D eigenvalue weighted by atomic mass is 32.1. The van der Waals surface area contributed by atoms with Crippen LogP contribution in [-0.4, -0.2) is 0 Å². The third-order valence-corrected chi connectivity index (χ3v) is 4.47. The van der Waals surface area contributed by atoms with Crippen LogP contribution in [0, 0.1) is 0 Å². The van der Waals surface area contributed by atoms with Crippen molar-refractivity contribution in [3.8, 4) is 10.4 Å². The van der Waals surface area contributed by atoms with Gasteiger partial charge < -0.3 is 0 Å². The summed E-state index contributed by atoms with van der Waals surface area (Å²) in [6, 6.07) is 13.4. The molecule has 19 heavy (non-hydrogen) atoms. The van der Waals surface area contributed by atoms with Gasteiger partial charge in [0.2, 0.25) is 0 Å². The monoisotopic (exact) mass is 272 g/mol. The summed E-state index contributed by atoms with van der Waals surface area (Å²) >= 11 is 1.82. The van der Waals surface area contributed by atoms with Gasteiger partial charge in [0.15, 0.2) is 0 Å². The van der Waals surface area contributed by atoms with E-state index in [4.69, 9.17) is 0 Å². The van der Waals surface area contributed by atoms with Crippen molar-refractivity contribution in [2.75, 3.05) is 0 Å². The summed E-state index contributed by atoms with van der Waals surface area (Å²) < 4.78 is 0. The van der Waals surface area contributed by atoms with Crippen molar-refractivity contribution in [1.82, 2.24) is 0 Å². The molecule has 0 amide bonds. The smallest absolute Gasteiger partial charge is 0.0342 e. The Labute approximate surface area is 121 Å². The van der Waals surface area contributed by atoms with Crippen LogP contribution in [0.25, 0.3) is 10.4 Å². The highest BCUT2D eigenvalue weighted by Gasteiger charge is 2.00. The van der Waals surface area contributed by atoms with Crippen LogP contribution < -0.4 is 0 Å². The molecule has 0 N–H and O–H groups in total. The number of unbranched alkanes of at least 4 members (excludes halogenated alkanes) is 5. The molecule has 0 unspecified atom stereocenters. The molecule has 0 spiro atoms. The molecule has 0 aliphatic rings. The predicted octanol–water partition coefficient (Wildman–Crippen LogP) is 6.32. The summed E-state index contributed by atoms with van der Waals surface area (Å²) in [7, 11) is 0. The van der Waals surface area contributed by atoms with Crippen LogP contribution in [0.4, 0.5) is 0 Å². The van der Waals surface area contributed by atoms with Gasteiger partial charge in [-0.1, -0.05) is 69.4 Å². The molecule has 2 aromatic rings. The molecule has 0 nitrogen and oxygen atoms in total. The third kappa shape index (κ3) is 4.83. The summed E-state index contributed by atoms with van der Waals surface area (Å²) in [6.45, 7) is 2.27. The normalized spacial score (nSPS) is 10.8.